The molecule has 0 spiro atoms. The van der Waals surface area contributed by atoms with Crippen molar-refractivity contribution in [3.8, 4) is 29.8 Å². The van der Waals surface area contributed by atoms with Crippen LogP contribution in [0.3, 0.4) is 0 Å². The molecular formula is C27H28N2O6S. The maximum Gasteiger partial charge on any atom is 0.339 e. The lowest BCUT2D eigenvalue weighted by molar-refractivity contribution is -0.0226. The third-order valence-electron chi connectivity index (χ3n) is 8.73. The quantitative estimate of drug-likeness (QED) is 0.454. The van der Waals surface area contributed by atoms with Crippen LogP contribution in [0.1, 0.15) is 61.6 Å². The van der Waals surface area contributed by atoms with Gasteiger partial charge >= 0.3 is 10.1 Å². The molecule has 1 N–H and O–H groups in total. The van der Waals surface area contributed by atoms with Crippen molar-refractivity contribution >= 4 is 10.1 Å². The van der Waals surface area contributed by atoms with Crippen molar-refractivity contribution < 1.29 is 27.2 Å². The summed E-state index contributed by atoms with van der Waals surface area (Å²) >= 11 is 0. The minimum atomic E-state index is -4.31. The van der Waals surface area contributed by atoms with Gasteiger partial charge in [0.2, 0.25) is 0 Å². The van der Waals surface area contributed by atoms with E-state index in [-0.39, 0.29) is 39.2 Å². The second kappa shape index (κ2) is 8.99. The summed E-state index contributed by atoms with van der Waals surface area (Å²) in [5, 5.41) is 28.3. The van der Waals surface area contributed by atoms with Gasteiger partial charge in [-0.3, -0.25) is 0 Å². The molecule has 0 heterocycles. The largest absolute Gasteiger partial charge is 0.393 e. The first-order valence-electron chi connectivity index (χ1n) is 12.2. The fourth-order valence-electron chi connectivity index (χ4n) is 6.92. The Labute approximate surface area is 211 Å². The van der Waals surface area contributed by atoms with Gasteiger partial charge in [0, 0.05) is 17.7 Å². The van der Waals surface area contributed by atoms with Crippen LogP contribution < -0.4 is 13.7 Å². The number of ether oxygens (including phenoxy) is 2. The number of fused-ring (bicyclic) bond motifs is 5. The molecule has 0 bridgehead atoms. The molecule has 2 aromatic rings. The zero-order valence-corrected chi connectivity index (χ0v) is 21.0. The first-order chi connectivity index (χ1) is 17.2. The topological polar surface area (TPSA) is 130 Å². The van der Waals surface area contributed by atoms with Gasteiger partial charge in [0.25, 0.3) is 12.5 Å². The van der Waals surface area contributed by atoms with Gasteiger partial charge < -0.3 is 18.8 Å². The molecule has 0 radical (unpaired) electrons. The van der Waals surface area contributed by atoms with E-state index < -0.39 is 10.1 Å². The van der Waals surface area contributed by atoms with E-state index in [1.165, 1.54) is 37.1 Å². The number of hydrogen-bond donors (Lipinski definition) is 1. The lowest BCUT2D eigenvalue weighted by atomic mass is 9.55. The van der Waals surface area contributed by atoms with Crippen LogP contribution in [-0.4, -0.2) is 19.6 Å². The standard InChI is InChI=1S/C27H28N2O6S/c1-16-24(34-15-29)12-19(33-14-28)13-25(16)36(31,32)35-18-4-6-20-17(11-18)3-5-22-21(20)9-10-27(2)23(22)7-8-26(27)30/h4,6,11-13,21-23,26,30H,3,5,7-10H2,1-2H3/t21-,22-,23+,26+,27+/m1/s1. The molecular weight excluding hydrogens is 480 g/mol. The summed E-state index contributed by atoms with van der Waals surface area (Å²) in [6.07, 6.45) is 8.60. The van der Waals surface area contributed by atoms with Crippen molar-refractivity contribution in [2.45, 2.75) is 69.3 Å². The first kappa shape index (κ1) is 24.4. The van der Waals surface area contributed by atoms with Gasteiger partial charge in [0.15, 0.2) is 0 Å². The van der Waals surface area contributed by atoms with Crippen molar-refractivity contribution in [1.29, 1.82) is 10.5 Å². The summed E-state index contributed by atoms with van der Waals surface area (Å²) in [6.45, 7) is 3.73. The van der Waals surface area contributed by atoms with Crippen LogP contribution >= 0.6 is 0 Å². The lowest BCUT2D eigenvalue weighted by Crippen LogP contribution is -2.43. The van der Waals surface area contributed by atoms with E-state index in [2.05, 4.69) is 6.92 Å². The van der Waals surface area contributed by atoms with Crippen LogP contribution in [0.15, 0.2) is 35.2 Å². The number of benzene rings is 2. The maximum absolute atomic E-state index is 13.2. The van der Waals surface area contributed by atoms with Gasteiger partial charge in [-0.25, -0.2) is 0 Å². The Kier molecular flexibility index (Phi) is 6.10. The average molecular weight is 509 g/mol. The summed E-state index contributed by atoms with van der Waals surface area (Å²) in [5.41, 5.74) is 2.53. The Balaban J connectivity index is 1.42. The fourth-order valence-corrected chi connectivity index (χ4v) is 8.10. The fraction of sp³-hybridized carbons (Fsp3) is 0.481. The zero-order valence-electron chi connectivity index (χ0n) is 20.2. The van der Waals surface area contributed by atoms with Crippen molar-refractivity contribution in [3.63, 3.8) is 0 Å². The molecule has 3 aliphatic rings. The predicted octanol–water partition coefficient (Wildman–Crippen LogP) is 4.70. The van der Waals surface area contributed by atoms with Crippen LogP contribution in [0.4, 0.5) is 0 Å². The molecule has 8 nitrogen and oxygen atoms in total. The molecule has 2 fully saturated rings. The van der Waals surface area contributed by atoms with E-state index >= 15 is 0 Å². The molecule has 2 saturated carbocycles. The second-order valence-electron chi connectivity index (χ2n) is 10.4. The van der Waals surface area contributed by atoms with Crippen LogP contribution in [0.25, 0.3) is 0 Å². The van der Waals surface area contributed by atoms with E-state index in [4.69, 9.17) is 24.2 Å². The number of hydrogen-bond acceptors (Lipinski definition) is 8. The zero-order chi connectivity index (χ0) is 25.7. The molecule has 0 amide bonds. The Morgan fingerprint density at radius 2 is 1.81 bits per heavy atom. The number of nitrogens with zero attached hydrogens (tertiary/aromatic N) is 2. The molecule has 2 aromatic carbocycles. The van der Waals surface area contributed by atoms with Gasteiger partial charge in [0.05, 0.1) is 6.10 Å². The highest BCUT2D eigenvalue weighted by atomic mass is 32.2. The van der Waals surface area contributed by atoms with Gasteiger partial charge in [0.1, 0.15) is 22.1 Å². The minimum absolute atomic E-state index is 0.00553. The predicted molar refractivity (Wildman–Crippen MR) is 129 cm³/mol. The SMILES string of the molecule is Cc1c(OC#N)cc(OC#N)cc1S(=O)(=O)Oc1ccc2c(c1)CC[C@@H]1[C@@H]2CC[C@]2(C)[C@@H](O)CC[C@@H]12. The van der Waals surface area contributed by atoms with Crippen LogP contribution in [0, 0.1) is 47.2 Å². The maximum atomic E-state index is 13.2. The third-order valence-corrected chi connectivity index (χ3v) is 10.1. The van der Waals surface area contributed by atoms with Crippen LogP contribution in [0.2, 0.25) is 0 Å². The van der Waals surface area contributed by atoms with Crippen LogP contribution in [0.5, 0.6) is 17.2 Å². The molecule has 0 aliphatic heterocycles. The minimum Gasteiger partial charge on any atom is -0.393 e. The normalized spacial score (nSPS) is 28.6. The molecule has 188 valence electrons. The highest BCUT2D eigenvalue weighted by molar-refractivity contribution is 7.87. The number of aryl methyl sites for hydroxylation is 1. The number of rotatable bonds is 5. The van der Waals surface area contributed by atoms with Gasteiger partial charge in [-0.05, 0) is 91.9 Å². The highest BCUT2D eigenvalue weighted by Crippen LogP contribution is 2.61. The number of aliphatic hydroxyl groups excluding tert-OH is 1. The van der Waals surface area contributed by atoms with Gasteiger partial charge in [-0.1, -0.05) is 13.0 Å². The van der Waals surface area contributed by atoms with Crippen molar-refractivity contribution in [3.05, 3.63) is 47.0 Å². The van der Waals surface area contributed by atoms with Crippen molar-refractivity contribution in [2.24, 2.45) is 17.3 Å². The van der Waals surface area contributed by atoms with Crippen LogP contribution in [-0.2, 0) is 16.5 Å². The lowest BCUT2D eigenvalue weighted by Gasteiger charge is -2.50. The van der Waals surface area contributed by atoms with E-state index in [1.807, 2.05) is 6.07 Å². The van der Waals surface area contributed by atoms with E-state index in [9.17, 15) is 13.5 Å². The molecule has 5 rings (SSSR count). The molecule has 3 aliphatic carbocycles. The van der Waals surface area contributed by atoms with E-state index in [1.54, 1.807) is 12.1 Å². The van der Waals surface area contributed by atoms with Crippen molar-refractivity contribution in [1.82, 2.24) is 0 Å². The number of nitriles is 2. The van der Waals surface area contributed by atoms with E-state index in [0.29, 0.717) is 17.8 Å². The van der Waals surface area contributed by atoms with Gasteiger partial charge in [-0.2, -0.15) is 8.42 Å². The smallest absolute Gasteiger partial charge is 0.339 e. The summed E-state index contributed by atoms with van der Waals surface area (Å²) in [4.78, 5) is -0.246. The number of aliphatic hydroxyl groups is 1. The van der Waals surface area contributed by atoms with Crippen molar-refractivity contribution in [2.75, 3.05) is 0 Å². The highest BCUT2D eigenvalue weighted by Gasteiger charge is 2.54. The molecule has 5 atom stereocenters. The summed E-state index contributed by atoms with van der Waals surface area (Å²) in [7, 11) is -4.31. The summed E-state index contributed by atoms with van der Waals surface area (Å²) < 4.78 is 41.5. The van der Waals surface area contributed by atoms with E-state index in [0.717, 1.165) is 44.1 Å². The molecule has 0 saturated heterocycles. The monoisotopic (exact) mass is 508 g/mol. The third kappa shape index (κ3) is 3.97. The summed E-state index contributed by atoms with van der Waals surface area (Å²) in [6, 6.07) is 7.92. The Morgan fingerprint density at radius 3 is 2.56 bits per heavy atom. The Bertz CT molecular complexity index is 1390. The van der Waals surface area contributed by atoms with Gasteiger partial charge in [-0.15, -0.1) is 10.5 Å². The first-order valence-corrected chi connectivity index (χ1v) is 13.6. The average Bonchev–Trinajstić information content (AvgIpc) is 3.15. The summed E-state index contributed by atoms with van der Waals surface area (Å²) in [5.74, 6) is 1.56. The molecule has 0 unspecified atom stereocenters. The molecule has 36 heavy (non-hydrogen) atoms. The molecule has 0 aromatic heterocycles. The molecule has 9 heteroatoms. The Morgan fingerprint density at radius 1 is 1.03 bits per heavy atom. The Hall–Kier alpha value is -3.27. The second-order valence-corrected chi connectivity index (χ2v) is 11.9.